The van der Waals surface area contributed by atoms with E-state index in [1.165, 1.54) is 11.8 Å². The van der Waals surface area contributed by atoms with E-state index in [1.54, 1.807) is 11.3 Å². The van der Waals surface area contributed by atoms with E-state index in [4.69, 9.17) is 0 Å². The lowest BCUT2D eigenvalue weighted by atomic mass is 10.2. The molecule has 0 aliphatic rings. The van der Waals surface area contributed by atoms with Gasteiger partial charge in [0.25, 0.3) is 5.91 Å². The third-order valence-corrected chi connectivity index (χ3v) is 6.33. The minimum absolute atomic E-state index is 0.103. The normalized spacial score (nSPS) is 13.2. The number of amides is 1. The number of hydrogen-bond donors (Lipinski definition) is 1. The second-order valence-corrected chi connectivity index (χ2v) is 8.42. The third-order valence-electron chi connectivity index (χ3n) is 3.84. The molecule has 2 aromatic carbocycles. The number of allylic oxidation sites excluding steroid dienone is 1. The molecule has 0 spiro atoms. The van der Waals surface area contributed by atoms with Crippen molar-refractivity contribution in [2.24, 2.45) is 5.10 Å². The quantitative estimate of drug-likeness (QED) is 0.332. The van der Waals surface area contributed by atoms with Crippen molar-refractivity contribution in [2.45, 2.75) is 29.9 Å². The largest absolute Gasteiger partial charge is 0.272 e. The maximum atomic E-state index is 12.5. The first-order valence-electron chi connectivity index (χ1n) is 8.75. The molecule has 27 heavy (non-hydrogen) atoms. The van der Waals surface area contributed by atoms with Gasteiger partial charge in [0, 0.05) is 0 Å². The van der Waals surface area contributed by atoms with E-state index in [0.717, 1.165) is 25.8 Å². The van der Waals surface area contributed by atoms with Crippen LogP contribution < -0.4 is 5.43 Å². The lowest BCUT2D eigenvalue weighted by Crippen LogP contribution is -2.29. The Labute approximate surface area is 167 Å². The number of hydrazone groups is 1. The summed E-state index contributed by atoms with van der Waals surface area (Å²) in [7, 11) is 0. The van der Waals surface area contributed by atoms with Gasteiger partial charge in [-0.25, -0.2) is 10.4 Å². The van der Waals surface area contributed by atoms with Gasteiger partial charge in [0.05, 0.1) is 21.2 Å². The standard InChI is InChI=1S/C21H21N3OS2/c1-3-18(26-21-22-17-11-7-8-12-19(17)27-21)20(25)24-23-15(2)13-14-16-9-5-4-6-10-16/h4-14,18H,3H2,1-2H3,(H,24,25)/b14-13+,23-15-/t18-/m1/s1. The zero-order chi connectivity index (χ0) is 19.1. The number of nitrogens with zero attached hydrogens (tertiary/aromatic N) is 2. The van der Waals surface area contributed by atoms with Gasteiger partial charge in [-0.15, -0.1) is 11.3 Å². The molecule has 1 heterocycles. The Kier molecular flexibility index (Phi) is 6.79. The molecule has 1 atom stereocenters. The molecule has 0 aliphatic carbocycles. The van der Waals surface area contributed by atoms with Crippen LogP contribution in [0.15, 0.2) is 70.1 Å². The van der Waals surface area contributed by atoms with E-state index >= 15 is 0 Å². The summed E-state index contributed by atoms with van der Waals surface area (Å²) in [6.07, 6.45) is 4.57. The topological polar surface area (TPSA) is 54.4 Å². The summed E-state index contributed by atoms with van der Waals surface area (Å²) < 4.78 is 2.04. The van der Waals surface area contributed by atoms with Gasteiger partial charge in [-0.05, 0) is 37.1 Å². The SMILES string of the molecule is CC[C@@H](Sc1nc2ccccc2s1)C(=O)N/N=C(C)\C=C\c1ccccc1. The van der Waals surface area contributed by atoms with Gasteiger partial charge in [0.15, 0.2) is 4.34 Å². The fraction of sp³-hybridized carbons (Fsp3) is 0.190. The van der Waals surface area contributed by atoms with E-state index in [0.29, 0.717) is 6.42 Å². The highest BCUT2D eigenvalue weighted by Gasteiger charge is 2.19. The van der Waals surface area contributed by atoms with E-state index in [1.807, 2.05) is 80.6 Å². The maximum absolute atomic E-state index is 12.5. The molecule has 1 N–H and O–H groups in total. The van der Waals surface area contributed by atoms with Crippen molar-refractivity contribution in [2.75, 3.05) is 0 Å². The summed E-state index contributed by atoms with van der Waals surface area (Å²) in [6.45, 7) is 3.86. The number of thioether (sulfide) groups is 1. The zero-order valence-corrected chi connectivity index (χ0v) is 16.9. The second kappa shape index (κ2) is 9.48. The van der Waals surface area contributed by atoms with Crippen LogP contribution in [-0.2, 0) is 4.79 Å². The van der Waals surface area contributed by atoms with E-state index in [-0.39, 0.29) is 11.2 Å². The first-order valence-corrected chi connectivity index (χ1v) is 10.4. The molecular formula is C21H21N3OS2. The molecule has 0 unspecified atom stereocenters. The van der Waals surface area contributed by atoms with Crippen molar-refractivity contribution >= 4 is 51.0 Å². The number of fused-ring (bicyclic) bond motifs is 1. The van der Waals surface area contributed by atoms with Gasteiger partial charge in [0.1, 0.15) is 0 Å². The Bertz CT molecular complexity index is 931. The molecule has 4 nitrogen and oxygen atoms in total. The number of benzene rings is 2. The van der Waals surface area contributed by atoms with Gasteiger partial charge < -0.3 is 0 Å². The lowest BCUT2D eigenvalue weighted by molar-refractivity contribution is -0.120. The van der Waals surface area contributed by atoms with Crippen LogP contribution in [0.5, 0.6) is 0 Å². The minimum Gasteiger partial charge on any atom is -0.272 e. The predicted octanol–water partition coefficient (Wildman–Crippen LogP) is 5.37. The number of rotatable bonds is 7. The lowest BCUT2D eigenvalue weighted by Gasteiger charge is -2.10. The molecule has 0 bridgehead atoms. The predicted molar refractivity (Wildman–Crippen MR) is 116 cm³/mol. The number of carbonyl (C=O) groups is 1. The minimum atomic E-state index is -0.222. The summed E-state index contributed by atoms with van der Waals surface area (Å²) in [5.74, 6) is -0.103. The zero-order valence-electron chi connectivity index (χ0n) is 15.3. The molecule has 0 saturated carbocycles. The molecule has 3 aromatic rings. The summed E-state index contributed by atoms with van der Waals surface area (Å²) in [6, 6.07) is 18.0. The Morgan fingerprint density at radius 3 is 2.70 bits per heavy atom. The van der Waals surface area contributed by atoms with E-state index in [2.05, 4.69) is 15.5 Å². The molecule has 3 rings (SSSR count). The molecule has 1 amide bonds. The first-order chi connectivity index (χ1) is 13.2. The number of carbonyl (C=O) groups excluding carboxylic acids is 1. The van der Waals surface area contributed by atoms with Crippen LogP contribution in [0.4, 0.5) is 0 Å². The van der Waals surface area contributed by atoms with Crippen molar-refractivity contribution in [3.8, 4) is 0 Å². The molecule has 1 aromatic heterocycles. The van der Waals surface area contributed by atoms with Gasteiger partial charge >= 0.3 is 0 Å². The van der Waals surface area contributed by atoms with Crippen LogP contribution in [0.3, 0.4) is 0 Å². The maximum Gasteiger partial charge on any atom is 0.253 e. The summed E-state index contributed by atoms with van der Waals surface area (Å²) in [5.41, 5.74) is 5.49. The number of aromatic nitrogens is 1. The Hall–Kier alpha value is -2.44. The first kappa shape index (κ1) is 19.3. The molecular weight excluding hydrogens is 374 g/mol. The molecule has 6 heteroatoms. The Morgan fingerprint density at radius 2 is 1.96 bits per heavy atom. The fourth-order valence-corrected chi connectivity index (χ4v) is 4.61. The highest BCUT2D eigenvalue weighted by Crippen LogP contribution is 2.33. The number of hydrogen-bond acceptors (Lipinski definition) is 5. The molecule has 138 valence electrons. The van der Waals surface area contributed by atoms with E-state index < -0.39 is 0 Å². The fourth-order valence-electron chi connectivity index (χ4n) is 2.38. The highest BCUT2D eigenvalue weighted by atomic mass is 32.2. The monoisotopic (exact) mass is 395 g/mol. The van der Waals surface area contributed by atoms with Crippen molar-refractivity contribution in [1.29, 1.82) is 0 Å². The number of thiazole rings is 1. The van der Waals surface area contributed by atoms with Crippen molar-refractivity contribution in [1.82, 2.24) is 10.4 Å². The van der Waals surface area contributed by atoms with Crippen molar-refractivity contribution in [3.63, 3.8) is 0 Å². The summed E-state index contributed by atoms with van der Waals surface area (Å²) in [5, 5.41) is 3.97. The Balaban J connectivity index is 1.60. The van der Waals surface area contributed by atoms with Crippen LogP contribution in [0.1, 0.15) is 25.8 Å². The van der Waals surface area contributed by atoms with Crippen molar-refractivity contribution < 1.29 is 4.79 Å². The summed E-state index contributed by atoms with van der Waals surface area (Å²) in [4.78, 5) is 17.1. The molecule has 0 saturated heterocycles. The number of nitrogens with one attached hydrogen (secondary N) is 1. The van der Waals surface area contributed by atoms with E-state index in [9.17, 15) is 4.79 Å². The molecule has 0 aliphatic heterocycles. The highest BCUT2D eigenvalue weighted by molar-refractivity contribution is 8.02. The van der Waals surface area contributed by atoms with Crippen LogP contribution in [0.25, 0.3) is 16.3 Å². The van der Waals surface area contributed by atoms with Crippen LogP contribution >= 0.6 is 23.1 Å². The number of para-hydroxylation sites is 1. The van der Waals surface area contributed by atoms with Gasteiger partial charge in [-0.3, -0.25) is 4.79 Å². The van der Waals surface area contributed by atoms with Gasteiger partial charge in [0.2, 0.25) is 0 Å². The van der Waals surface area contributed by atoms with Crippen LogP contribution in [0, 0.1) is 0 Å². The van der Waals surface area contributed by atoms with Gasteiger partial charge in [-0.1, -0.05) is 67.2 Å². The molecule has 0 radical (unpaired) electrons. The van der Waals surface area contributed by atoms with Crippen LogP contribution in [-0.4, -0.2) is 21.9 Å². The average Bonchev–Trinajstić information content (AvgIpc) is 3.12. The second-order valence-electron chi connectivity index (χ2n) is 5.94. The van der Waals surface area contributed by atoms with Gasteiger partial charge in [-0.2, -0.15) is 5.10 Å². The molecule has 0 fully saturated rings. The average molecular weight is 396 g/mol. The Morgan fingerprint density at radius 1 is 1.22 bits per heavy atom. The van der Waals surface area contributed by atoms with Crippen molar-refractivity contribution in [3.05, 3.63) is 66.2 Å². The summed E-state index contributed by atoms with van der Waals surface area (Å²) >= 11 is 3.11. The third kappa shape index (κ3) is 5.52. The van der Waals surface area contributed by atoms with Crippen LogP contribution in [0.2, 0.25) is 0 Å². The smallest absolute Gasteiger partial charge is 0.253 e.